The molecule has 150 valence electrons. The molecule has 1 aliphatic heterocycles. The van der Waals surface area contributed by atoms with Crippen molar-refractivity contribution < 1.29 is 19.1 Å². The number of ether oxygens (including phenoxy) is 2. The van der Waals surface area contributed by atoms with Crippen LogP contribution in [0.15, 0.2) is 40.5 Å². The molecule has 28 heavy (non-hydrogen) atoms. The third-order valence-corrected chi connectivity index (χ3v) is 5.48. The van der Waals surface area contributed by atoms with Crippen molar-refractivity contribution in [1.82, 2.24) is 0 Å². The van der Waals surface area contributed by atoms with Gasteiger partial charge in [-0.25, -0.2) is 4.79 Å². The molecule has 1 aliphatic carbocycles. The Morgan fingerprint density at radius 3 is 2.61 bits per heavy atom. The van der Waals surface area contributed by atoms with Crippen molar-refractivity contribution in [3.8, 4) is 5.75 Å². The predicted molar refractivity (Wildman–Crippen MR) is 109 cm³/mol. The molecule has 3 rings (SSSR count). The molecule has 0 aromatic heterocycles. The van der Waals surface area contributed by atoms with Crippen molar-refractivity contribution in [2.45, 2.75) is 52.9 Å². The van der Waals surface area contributed by atoms with E-state index >= 15 is 0 Å². The summed E-state index contributed by atoms with van der Waals surface area (Å²) in [5, 5.41) is 0. The van der Waals surface area contributed by atoms with Gasteiger partial charge >= 0.3 is 5.97 Å². The van der Waals surface area contributed by atoms with Crippen LogP contribution in [-0.4, -0.2) is 31.2 Å². The van der Waals surface area contributed by atoms with Crippen molar-refractivity contribution >= 4 is 17.5 Å². The number of rotatable bonds is 5. The summed E-state index contributed by atoms with van der Waals surface area (Å²) in [6, 6.07) is 7.67. The third-order valence-electron chi connectivity index (χ3n) is 5.48. The largest absolute Gasteiger partial charge is 0.493 e. The van der Waals surface area contributed by atoms with Gasteiger partial charge < -0.3 is 9.47 Å². The van der Waals surface area contributed by atoms with Gasteiger partial charge in [0.15, 0.2) is 0 Å². The fourth-order valence-corrected chi connectivity index (χ4v) is 4.39. The van der Waals surface area contributed by atoms with Crippen LogP contribution in [0.4, 0.5) is 0 Å². The van der Waals surface area contributed by atoms with E-state index in [1.54, 1.807) is 0 Å². The summed E-state index contributed by atoms with van der Waals surface area (Å²) in [7, 11) is 1.37. The molecule has 0 N–H and O–H groups in total. The van der Waals surface area contributed by atoms with Crippen LogP contribution in [0, 0.1) is 11.3 Å². The first kappa shape index (κ1) is 20.3. The smallest absolute Gasteiger partial charge is 0.336 e. The summed E-state index contributed by atoms with van der Waals surface area (Å²) in [4.78, 5) is 30.6. The van der Waals surface area contributed by atoms with E-state index < -0.39 is 17.8 Å². The van der Waals surface area contributed by atoms with Crippen molar-refractivity contribution in [1.29, 1.82) is 0 Å². The van der Waals surface area contributed by atoms with Crippen LogP contribution in [0.3, 0.4) is 0 Å². The zero-order valence-electron chi connectivity index (χ0n) is 17.4. The van der Waals surface area contributed by atoms with E-state index in [0.717, 1.165) is 24.1 Å². The number of fused-ring (bicyclic) bond motifs is 1. The summed E-state index contributed by atoms with van der Waals surface area (Å²) in [6.07, 6.45) is 2.09. The number of para-hydroxylation sites is 1. The first-order chi connectivity index (χ1) is 13.3. The van der Waals surface area contributed by atoms with E-state index in [4.69, 9.17) is 14.5 Å². The third kappa shape index (κ3) is 3.75. The number of hydrogen-bond acceptors (Lipinski definition) is 5. The van der Waals surface area contributed by atoms with Crippen LogP contribution in [0.2, 0.25) is 0 Å². The molecule has 1 aromatic rings. The van der Waals surface area contributed by atoms with E-state index in [0.29, 0.717) is 30.0 Å². The summed E-state index contributed by atoms with van der Waals surface area (Å²) >= 11 is 0. The summed E-state index contributed by atoms with van der Waals surface area (Å²) in [5.41, 5.74) is 2.66. The first-order valence-electron chi connectivity index (χ1n) is 9.90. The lowest BCUT2D eigenvalue weighted by Gasteiger charge is -2.41. The van der Waals surface area contributed by atoms with E-state index in [9.17, 15) is 9.59 Å². The van der Waals surface area contributed by atoms with Gasteiger partial charge in [-0.15, -0.1) is 0 Å². The van der Waals surface area contributed by atoms with Gasteiger partial charge in [0.2, 0.25) is 0 Å². The Bertz CT molecular complexity index is 850. The molecule has 0 bridgehead atoms. The second kappa shape index (κ2) is 7.90. The van der Waals surface area contributed by atoms with Crippen molar-refractivity contribution in [3.63, 3.8) is 0 Å². The maximum Gasteiger partial charge on any atom is 0.336 e. The Hall–Kier alpha value is -2.43. The second-order valence-corrected chi connectivity index (χ2v) is 8.42. The molecular weight excluding hydrogens is 354 g/mol. The molecule has 5 nitrogen and oxygen atoms in total. The number of esters is 1. The Morgan fingerprint density at radius 2 is 1.93 bits per heavy atom. The standard InChI is InChI=1S/C23H29NO4/c1-6-11-28-18-10-8-7-9-15(18)20-19(22(26)27-5)14(2)24-16-12-23(3,4)13-17(25)21(16)20/h7-10,20-21H,6,11-13H2,1-5H3/t20-,21?/m0/s1. The van der Waals surface area contributed by atoms with Crippen molar-refractivity contribution in [3.05, 3.63) is 41.1 Å². The van der Waals surface area contributed by atoms with E-state index in [1.165, 1.54) is 7.11 Å². The highest BCUT2D eigenvalue weighted by Gasteiger charge is 2.48. The molecule has 2 aliphatic rings. The Labute approximate surface area is 166 Å². The van der Waals surface area contributed by atoms with E-state index in [2.05, 4.69) is 13.8 Å². The van der Waals surface area contributed by atoms with Crippen LogP contribution in [0.1, 0.15) is 58.4 Å². The molecule has 0 saturated heterocycles. The summed E-state index contributed by atoms with van der Waals surface area (Å²) < 4.78 is 11.0. The van der Waals surface area contributed by atoms with Crippen molar-refractivity contribution in [2.75, 3.05) is 13.7 Å². The number of aliphatic imine (C=N–C) groups is 1. The number of carbonyl (C=O) groups excluding carboxylic acids is 2. The van der Waals surface area contributed by atoms with E-state index in [1.807, 2.05) is 38.1 Å². The Balaban J connectivity index is 2.18. The molecule has 0 radical (unpaired) electrons. The minimum Gasteiger partial charge on any atom is -0.493 e. The zero-order chi connectivity index (χ0) is 20.5. The molecule has 1 aromatic carbocycles. The molecule has 1 fully saturated rings. The minimum absolute atomic E-state index is 0.124. The predicted octanol–water partition coefficient (Wildman–Crippen LogP) is 4.47. The summed E-state index contributed by atoms with van der Waals surface area (Å²) in [5.74, 6) is -0.483. The Kier molecular flexibility index (Phi) is 5.73. The highest BCUT2D eigenvalue weighted by molar-refractivity contribution is 6.12. The monoisotopic (exact) mass is 383 g/mol. The topological polar surface area (TPSA) is 65.0 Å². The first-order valence-corrected chi connectivity index (χ1v) is 9.90. The molecule has 5 heteroatoms. The van der Waals surface area contributed by atoms with Crippen LogP contribution >= 0.6 is 0 Å². The summed E-state index contributed by atoms with van der Waals surface area (Å²) in [6.45, 7) is 8.62. The molecule has 1 heterocycles. The van der Waals surface area contributed by atoms with Gasteiger partial charge in [0.1, 0.15) is 11.5 Å². The van der Waals surface area contributed by atoms with Crippen molar-refractivity contribution in [2.24, 2.45) is 16.3 Å². The average molecular weight is 383 g/mol. The van der Waals surface area contributed by atoms with Gasteiger partial charge in [0.25, 0.3) is 0 Å². The van der Waals surface area contributed by atoms with Gasteiger partial charge in [-0.1, -0.05) is 39.0 Å². The fraction of sp³-hybridized carbons (Fsp3) is 0.522. The average Bonchev–Trinajstić information content (AvgIpc) is 2.64. The normalized spacial score (nSPS) is 23.8. The molecule has 1 unspecified atom stereocenters. The number of hydrogen-bond donors (Lipinski definition) is 0. The molecule has 1 saturated carbocycles. The second-order valence-electron chi connectivity index (χ2n) is 8.42. The maximum absolute atomic E-state index is 13.2. The van der Waals surface area contributed by atoms with Gasteiger partial charge in [-0.05, 0) is 31.2 Å². The van der Waals surface area contributed by atoms with Crippen LogP contribution in [0.5, 0.6) is 5.75 Å². The molecule has 2 atom stereocenters. The number of methoxy groups -OCH3 is 1. The van der Waals surface area contributed by atoms with Crippen LogP contribution in [0.25, 0.3) is 0 Å². The lowest BCUT2D eigenvalue weighted by molar-refractivity contribution is -0.136. The van der Waals surface area contributed by atoms with Gasteiger partial charge in [0, 0.05) is 29.3 Å². The zero-order valence-corrected chi connectivity index (χ0v) is 17.4. The Morgan fingerprint density at radius 1 is 1.21 bits per heavy atom. The number of ketones is 1. The number of Topliss-reactive ketones (excluding diaryl/α,β-unsaturated/α-hetero) is 1. The van der Waals surface area contributed by atoms with Gasteiger partial charge in [0.05, 0.1) is 25.2 Å². The highest BCUT2D eigenvalue weighted by Crippen LogP contribution is 2.48. The van der Waals surface area contributed by atoms with E-state index in [-0.39, 0.29) is 11.2 Å². The fourth-order valence-electron chi connectivity index (χ4n) is 4.39. The van der Waals surface area contributed by atoms with Gasteiger partial charge in [-0.2, -0.15) is 0 Å². The SMILES string of the molecule is CCCOc1ccccc1[C@H]1C(C(=O)OC)=C(C)N=C2CC(C)(C)CC(=O)C21. The number of allylic oxidation sites excluding steroid dienone is 1. The van der Waals surface area contributed by atoms with Crippen LogP contribution in [-0.2, 0) is 14.3 Å². The lowest BCUT2D eigenvalue weighted by Crippen LogP contribution is -2.44. The molecule has 0 amide bonds. The number of benzene rings is 1. The molecule has 0 spiro atoms. The van der Waals surface area contributed by atoms with Crippen LogP contribution < -0.4 is 4.74 Å². The minimum atomic E-state index is -0.447. The quantitative estimate of drug-likeness (QED) is 0.704. The maximum atomic E-state index is 13.2. The number of nitrogens with zero attached hydrogens (tertiary/aromatic N) is 1. The van der Waals surface area contributed by atoms with Gasteiger partial charge in [-0.3, -0.25) is 9.79 Å². The lowest BCUT2D eigenvalue weighted by atomic mass is 9.63. The number of carbonyl (C=O) groups is 2. The highest BCUT2D eigenvalue weighted by atomic mass is 16.5. The molecular formula is C23H29NO4.